The third-order valence-corrected chi connectivity index (χ3v) is 3.91. The van der Waals surface area contributed by atoms with E-state index in [1.807, 2.05) is 13.8 Å². The molecule has 4 N–H and O–H groups in total. The lowest BCUT2D eigenvalue weighted by molar-refractivity contribution is -0.127. The number of carbonyl (C=O) groups excluding carboxylic acids is 1. The molecule has 1 aromatic rings. The lowest BCUT2D eigenvalue weighted by Crippen LogP contribution is -2.54. The first kappa shape index (κ1) is 14.4. The number of hydrogen-bond acceptors (Lipinski definition) is 4. The SMILES string of the molecule is CCc1nn(C)cc1NC(=O)C1(/C(N)=N/O)CC(C)C1. The molecule has 7 nitrogen and oxygen atoms in total. The quantitative estimate of drug-likeness (QED) is 0.332. The van der Waals surface area contributed by atoms with Crippen LogP contribution in [0.1, 0.15) is 32.4 Å². The van der Waals surface area contributed by atoms with Crippen LogP contribution in [0.4, 0.5) is 5.69 Å². The number of amidine groups is 1. The molecule has 0 aliphatic heterocycles. The lowest BCUT2D eigenvalue weighted by Gasteiger charge is -2.43. The van der Waals surface area contributed by atoms with Gasteiger partial charge in [-0.2, -0.15) is 5.10 Å². The zero-order valence-corrected chi connectivity index (χ0v) is 12.1. The number of aromatic nitrogens is 2. The maximum Gasteiger partial charge on any atom is 0.238 e. The number of hydrogen-bond donors (Lipinski definition) is 3. The van der Waals surface area contributed by atoms with Crippen LogP contribution in [0.25, 0.3) is 0 Å². The summed E-state index contributed by atoms with van der Waals surface area (Å²) in [6.07, 6.45) is 3.68. The van der Waals surface area contributed by atoms with Crippen molar-refractivity contribution in [2.75, 3.05) is 5.32 Å². The topological polar surface area (TPSA) is 106 Å². The van der Waals surface area contributed by atoms with Gasteiger partial charge in [0.05, 0.1) is 11.4 Å². The summed E-state index contributed by atoms with van der Waals surface area (Å²) in [5, 5.41) is 19.1. The summed E-state index contributed by atoms with van der Waals surface area (Å²) in [7, 11) is 1.81. The van der Waals surface area contributed by atoms with Crippen molar-refractivity contribution in [3.05, 3.63) is 11.9 Å². The highest BCUT2D eigenvalue weighted by Gasteiger charge is 2.52. The first-order valence-corrected chi connectivity index (χ1v) is 6.75. The third-order valence-electron chi connectivity index (χ3n) is 3.91. The molecular weight excluding hydrogens is 258 g/mol. The van der Waals surface area contributed by atoms with Crippen molar-refractivity contribution in [3.8, 4) is 0 Å². The Morgan fingerprint density at radius 3 is 2.85 bits per heavy atom. The Morgan fingerprint density at radius 1 is 1.70 bits per heavy atom. The van der Waals surface area contributed by atoms with Gasteiger partial charge in [0.2, 0.25) is 5.91 Å². The average molecular weight is 279 g/mol. The second-order valence-electron chi connectivity index (χ2n) is 5.55. The minimum atomic E-state index is -0.894. The van der Waals surface area contributed by atoms with Gasteiger partial charge in [0.1, 0.15) is 5.41 Å². The fourth-order valence-corrected chi connectivity index (χ4v) is 2.88. The van der Waals surface area contributed by atoms with Crippen LogP contribution in [-0.2, 0) is 18.3 Å². The Labute approximate surface area is 117 Å². The van der Waals surface area contributed by atoms with Crippen LogP contribution in [0, 0.1) is 11.3 Å². The Bertz CT molecular complexity index is 543. The fraction of sp³-hybridized carbons (Fsp3) is 0.615. The summed E-state index contributed by atoms with van der Waals surface area (Å²) < 4.78 is 1.66. The van der Waals surface area contributed by atoms with E-state index in [4.69, 9.17) is 10.9 Å². The van der Waals surface area contributed by atoms with Gasteiger partial charge in [-0.3, -0.25) is 9.48 Å². The normalized spacial score (nSPS) is 26.1. The van der Waals surface area contributed by atoms with Crippen LogP contribution < -0.4 is 11.1 Å². The number of aryl methyl sites for hydroxylation is 2. The van der Waals surface area contributed by atoms with Gasteiger partial charge in [0.15, 0.2) is 5.84 Å². The van der Waals surface area contributed by atoms with E-state index in [1.165, 1.54) is 0 Å². The number of rotatable bonds is 4. The van der Waals surface area contributed by atoms with Crippen molar-refractivity contribution in [1.82, 2.24) is 9.78 Å². The minimum absolute atomic E-state index is 0.0185. The van der Waals surface area contributed by atoms with Crippen LogP contribution in [0.2, 0.25) is 0 Å². The molecule has 0 unspecified atom stereocenters. The maximum absolute atomic E-state index is 12.5. The van der Waals surface area contributed by atoms with Crippen LogP contribution in [-0.4, -0.2) is 26.7 Å². The second-order valence-corrected chi connectivity index (χ2v) is 5.55. The van der Waals surface area contributed by atoms with Crippen molar-refractivity contribution in [1.29, 1.82) is 0 Å². The van der Waals surface area contributed by atoms with Gasteiger partial charge in [-0.15, -0.1) is 0 Å². The predicted octanol–water partition coefficient (Wildman–Crippen LogP) is 1.08. The molecule has 7 heteroatoms. The monoisotopic (exact) mass is 279 g/mol. The van der Waals surface area contributed by atoms with Gasteiger partial charge in [0, 0.05) is 13.2 Å². The standard InChI is InChI=1S/C13H21N5O2/c1-4-9-10(7-18(3)16-9)15-12(19)13(11(14)17-20)5-8(2)6-13/h7-8,20H,4-6H2,1-3H3,(H2,14,17)(H,15,19). The van der Waals surface area contributed by atoms with Gasteiger partial charge < -0.3 is 16.3 Å². The fourth-order valence-electron chi connectivity index (χ4n) is 2.88. The summed E-state index contributed by atoms with van der Waals surface area (Å²) in [5.74, 6) is 0.143. The molecule has 1 saturated carbocycles. The molecule has 20 heavy (non-hydrogen) atoms. The highest BCUT2D eigenvalue weighted by molar-refractivity contribution is 6.12. The van der Waals surface area contributed by atoms with Crippen molar-refractivity contribution >= 4 is 17.4 Å². The van der Waals surface area contributed by atoms with E-state index in [0.29, 0.717) is 24.4 Å². The lowest BCUT2D eigenvalue weighted by atomic mass is 9.61. The molecule has 1 aromatic heterocycles. The zero-order chi connectivity index (χ0) is 14.9. The van der Waals surface area contributed by atoms with Crippen LogP contribution in [0.15, 0.2) is 11.4 Å². The van der Waals surface area contributed by atoms with E-state index < -0.39 is 5.41 Å². The molecule has 1 heterocycles. The molecule has 2 rings (SSSR count). The number of amides is 1. The Hall–Kier alpha value is -2.05. The number of anilines is 1. The van der Waals surface area contributed by atoms with E-state index >= 15 is 0 Å². The number of carbonyl (C=O) groups is 1. The van der Waals surface area contributed by atoms with Gasteiger partial charge in [0.25, 0.3) is 0 Å². The number of nitrogens with one attached hydrogen (secondary N) is 1. The third kappa shape index (κ3) is 2.23. The van der Waals surface area contributed by atoms with E-state index in [2.05, 4.69) is 15.6 Å². The van der Waals surface area contributed by atoms with Crippen molar-refractivity contribution < 1.29 is 10.0 Å². The number of nitrogens with two attached hydrogens (primary N) is 1. The first-order valence-electron chi connectivity index (χ1n) is 6.75. The predicted molar refractivity (Wildman–Crippen MR) is 75.5 cm³/mol. The van der Waals surface area contributed by atoms with Crippen LogP contribution in [0.5, 0.6) is 0 Å². The summed E-state index contributed by atoms with van der Waals surface area (Å²) >= 11 is 0. The zero-order valence-electron chi connectivity index (χ0n) is 12.1. The van der Waals surface area contributed by atoms with E-state index in [0.717, 1.165) is 12.1 Å². The van der Waals surface area contributed by atoms with Crippen LogP contribution >= 0.6 is 0 Å². The van der Waals surface area contributed by atoms with Gasteiger partial charge in [-0.25, -0.2) is 0 Å². The van der Waals surface area contributed by atoms with E-state index in [1.54, 1.807) is 17.9 Å². The Morgan fingerprint density at radius 2 is 2.35 bits per heavy atom. The molecule has 0 atom stereocenters. The van der Waals surface area contributed by atoms with E-state index in [-0.39, 0.29) is 11.7 Å². The summed E-state index contributed by atoms with van der Waals surface area (Å²) in [6, 6.07) is 0. The number of nitrogens with zero attached hydrogens (tertiary/aromatic N) is 3. The molecule has 1 amide bonds. The van der Waals surface area contributed by atoms with Crippen LogP contribution in [0.3, 0.4) is 0 Å². The van der Waals surface area contributed by atoms with Crippen molar-refractivity contribution in [2.45, 2.75) is 33.1 Å². The molecular formula is C13H21N5O2. The average Bonchev–Trinajstić information content (AvgIpc) is 2.73. The van der Waals surface area contributed by atoms with E-state index in [9.17, 15) is 4.79 Å². The highest BCUT2D eigenvalue weighted by Crippen LogP contribution is 2.46. The molecule has 1 fully saturated rings. The second kappa shape index (κ2) is 5.15. The smallest absolute Gasteiger partial charge is 0.238 e. The first-order chi connectivity index (χ1) is 9.42. The molecule has 0 spiro atoms. The molecule has 1 aliphatic carbocycles. The van der Waals surface area contributed by atoms with Crippen molar-refractivity contribution in [2.24, 2.45) is 29.3 Å². The van der Waals surface area contributed by atoms with Gasteiger partial charge >= 0.3 is 0 Å². The van der Waals surface area contributed by atoms with Crippen molar-refractivity contribution in [3.63, 3.8) is 0 Å². The summed E-state index contributed by atoms with van der Waals surface area (Å²) in [5.41, 5.74) is 6.34. The molecule has 0 saturated heterocycles. The van der Waals surface area contributed by atoms with Gasteiger partial charge in [-0.1, -0.05) is 19.0 Å². The summed E-state index contributed by atoms with van der Waals surface area (Å²) in [4.78, 5) is 12.5. The Kier molecular flexibility index (Phi) is 3.69. The summed E-state index contributed by atoms with van der Waals surface area (Å²) in [6.45, 7) is 4.01. The van der Waals surface area contributed by atoms with Gasteiger partial charge in [-0.05, 0) is 25.2 Å². The maximum atomic E-state index is 12.5. The number of oxime groups is 1. The molecule has 1 aliphatic rings. The molecule has 0 aromatic carbocycles. The molecule has 0 bridgehead atoms. The minimum Gasteiger partial charge on any atom is -0.409 e. The Balaban J connectivity index is 2.22. The largest absolute Gasteiger partial charge is 0.409 e. The highest BCUT2D eigenvalue weighted by atomic mass is 16.4. The molecule has 0 radical (unpaired) electrons. The molecule has 110 valence electrons.